The molecule has 1 amide bonds. The van der Waals surface area contributed by atoms with Crippen molar-refractivity contribution in [2.75, 3.05) is 5.32 Å². The number of nitro benzene ring substituents is 1. The van der Waals surface area contributed by atoms with Gasteiger partial charge in [-0.1, -0.05) is 18.2 Å². The number of nitrogens with two attached hydrogens (primary N) is 1. The van der Waals surface area contributed by atoms with Crippen LogP contribution in [0.25, 0.3) is 0 Å². The molecule has 0 spiro atoms. The molecular formula is C15H15N3O5S. The number of nitro groups is 1. The van der Waals surface area contributed by atoms with Gasteiger partial charge in [0.15, 0.2) is 0 Å². The lowest BCUT2D eigenvalue weighted by molar-refractivity contribution is -0.385. The number of nitrogens with one attached hydrogen (secondary N) is 1. The second-order valence-electron chi connectivity index (χ2n) is 5.22. The first kappa shape index (κ1) is 17.6. The fourth-order valence-electron chi connectivity index (χ4n) is 2.07. The van der Waals surface area contributed by atoms with E-state index in [0.29, 0.717) is 16.8 Å². The Morgan fingerprint density at radius 2 is 1.83 bits per heavy atom. The lowest BCUT2D eigenvalue weighted by atomic mass is 10.1. The van der Waals surface area contributed by atoms with Crippen LogP contribution in [0.2, 0.25) is 0 Å². The second kappa shape index (κ2) is 6.77. The van der Waals surface area contributed by atoms with E-state index in [1.165, 1.54) is 42.5 Å². The smallest absolute Gasteiger partial charge is 0.273 e. The third kappa shape index (κ3) is 4.61. The Balaban J connectivity index is 2.15. The molecule has 3 N–H and O–H groups in total. The van der Waals surface area contributed by atoms with E-state index in [-0.39, 0.29) is 17.0 Å². The van der Waals surface area contributed by atoms with Crippen molar-refractivity contribution in [1.82, 2.24) is 0 Å². The summed E-state index contributed by atoms with van der Waals surface area (Å²) >= 11 is 0. The van der Waals surface area contributed by atoms with Gasteiger partial charge in [-0.3, -0.25) is 14.9 Å². The molecule has 2 aromatic carbocycles. The molecule has 126 valence electrons. The minimum atomic E-state index is -3.62. The Kier molecular flexibility index (Phi) is 4.96. The highest BCUT2D eigenvalue weighted by Crippen LogP contribution is 2.20. The number of nitrogens with zero attached hydrogens (tertiary/aromatic N) is 1. The maximum absolute atomic E-state index is 12.2. The van der Waals surface area contributed by atoms with E-state index in [2.05, 4.69) is 5.32 Å². The van der Waals surface area contributed by atoms with Crippen molar-refractivity contribution in [3.63, 3.8) is 0 Å². The van der Waals surface area contributed by atoms with E-state index in [0.717, 1.165) is 0 Å². The summed E-state index contributed by atoms with van der Waals surface area (Å²) < 4.78 is 22.0. The first-order valence-corrected chi connectivity index (χ1v) is 8.53. The van der Waals surface area contributed by atoms with E-state index in [1.807, 2.05) is 0 Å². The van der Waals surface area contributed by atoms with Crippen LogP contribution < -0.4 is 10.5 Å². The number of hydrogen-bond acceptors (Lipinski definition) is 5. The molecule has 0 bridgehead atoms. The molecule has 0 aliphatic rings. The molecule has 0 aromatic heterocycles. The average molecular weight is 349 g/mol. The van der Waals surface area contributed by atoms with Crippen LogP contribution in [0.4, 0.5) is 11.4 Å². The summed E-state index contributed by atoms with van der Waals surface area (Å²) in [5, 5.41) is 18.5. The first-order chi connectivity index (χ1) is 11.2. The van der Waals surface area contributed by atoms with Crippen LogP contribution in [0.5, 0.6) is 0 Å². The molecule has 9 heteroatoms. The molecular weight excluding hydrogens is 334 g/mol. The Morgan fingerprint density at radius 3 is 2.38 bits per heavy atom. The van der Waals surface area contributed by atoms with Crippen molar-refractivity contribution < 1.29 is 18.1 Å². The summed E-state index contributed by atoms with van der Waals surface area (Å²) in [5.41, 5.74) is 1.40. The molecule has 0 radical (unpaired) electrons. The highest BCUT2D eigenvalue weighted by molar-refractivity contribution is 7.88. The number of benzene rings is 2. The van der Waals surface area contributed by atoms with Crippen molar-refractivity contribution in [3.8, 4) is 0 Å². The zero-order chi connectivity index (χ0) is 17.9. The van der Waals surface area contributed by atoms with Gasteiger partial charge in [0.25, 0.3) is 11.6 Å². The van der Waals surface area contributed by atoms with Crippen molar-refractivity contribution in [2.24, 2.45) is 5.14 Å². The van der Waals surface area contributed by atoms with Crippen molar-refractivity contribution in [3.05, 3.63) is 69.3 Å². The third-order valence-electron chi connectivity index (χ3n) is 3.25. The van der Waals surface area contributed by atoms with Gasteiger partial charge in [0.2, 0.25) is 10.0 Å². The Hall–Kier alpha value is -2.78. The lowest BCUT2D eigenvalue weighted by Gasteiger charge is -2.07. The second-order valence-corrected chi connectivity index (χ2v) is 6.83. The van der Waals surface area contributed by atoms with Crippen LogP contribution in [-0.2, 0) is 15.8 Å². The lowest BCUT2D eigenvalue weighted by Crippen LogP contribution is -2.15. The molecule has 0 unspecified atom stereocenters. The van der Waals surface area contributed by atoms with Crippen molar-refractivity contribution in [1.29, 1.82) is 0 Å². The molecule has 0 atom stereocenters. The predicted molar refractivity (Wildman–Crippen MR) is 89.0 cm³/mol. The molecule has 0 heterocycles. The Labute approximate surface area is 138 Å². The van der Waals surface area contributed by atoms with Gasteiger partial charge in [-0.05, 0) is 30.7 Å². The number of rotatable bonds is 5. The van der Waals surface area contributed by atoms with Crippen LogP contribution in [-0.4, -0.2) is 19.2 Å². The van der Waals surface area contributed by atoms with E-state index < -0.39 is 20.9 Å². The fourth-order valence-corrected chi connectivity index (χ4v) is 2.72. The van der Waals surface area contributed by atoms with Gasteiger partial charge in [-0.15, -0.1) is 0 Å². The molecule has 0 saturated heterocycles. The number of hydrogen-bond donors (Lipinski definition) is 2. The van der Waals surface area contributed by atoms with Crippen LogP contribution in [0.3, 0.4) is 0 Å². The molecule has 0 aliphatic carbocycles. The Morgan fingerprint density at radius 1 is 1.21 bits per heavy atom. The van der Waals surface area contributed by atoms with Gasteiger partial charge < -0.3 is 5.32 Å². The highest BCUT2D eigenvalue weighted by Gasteiger charge is 2.15. The monoisotopic (exact) mass is 349 g/mol. The van der Waals surface area contributed by atoms with E-state index >= 15 is 0 Å². The highest BCUT2D eigenvalue weighted by atomic mass is 32.2. The van der Waals surface area contributed by atoms with Crippen molar-refractivity contribution >= 4 is 27.3 Å². The summed E-state index contributed by atoms with van der Waals surface area (Å²) in [6.07, 6.45) is 0. The maximum Gasteiger partial charge on any atom is 0.273 e. The zero-order valence-electron chi connectivity index (χ0n) is 12.7. The number of carbonyl (C=O) groups is 1. The summed E-state index contributed by atoms with van der Waals surface area (Å²) in [5.74, 6) is -0.803. The van der Waals surface area contributed by atoms with Crippen LogP contribution in [0.15, 0.2) is 42.5 Å². The van der Waals surface area contributed by atoms with Gasteiger partial charge in [-0.25, -0.2) is 13.6 Å². The van der Waals surface area contributed by atoms with E-state index in [4.69, 9.17) is 5.14 Å². The summed E-state index contributed by atoms with van der Waals surface area (Å²) in [4.78, 5) is 22.5. The van der Waals surface area contributed by atoms with E-state index in [9.17, 15) is 23.3 Å². The third-order valence-corrected chi connectivity index (χ3v) is 3.98. The number of sulfonamides is 1. The molecule has 2 rings (SSSR count). The van der Waals surface area contributed by atoms with Crippen LogP contribution in [0.1, 0.15) is 21.5 Å². The fraction of sp³-hybridized carbons (Fsp3) is 0.133. The molecule has 0 aliphatic heterocycles. The number of aryl methyl sites for hydroxylation is 1. The SMILES string of the molecule is Cc1ccc(C(=O)Nc2ccc(CS(N)(=O)=O)cc2)cc1[N+](=O)[O-]. The van der Waals surface area contributed by atoms with Crippen LogP contribution in [0, 0.1) is 17.0 Å². The molecule has 24 heavy (non-hydrogen) atoms. The Bertz CT molecular complexity index is 892. The van der Waals surface area contributed by atoms with Crippen molar-refractivity contribution in [2.45, 2.75) is 12.7 Å². The van der Waals surface area contributed by atoms with Gasteiger partial charge in [0.1, 0.15) is 0 Å². The number of primary sulfonamides is 1. The largest absolute Gasteiger partial charge is 0.322 e. The number of amides is 1. The normalized spacial score (nSPS) is 11.1. The van der Waals surface area contributed by atoms with Gasteiger partial charge in [-0.2, -0.15) is 0 Å². The summed E-state index contributed by atoms with van der Waals surface area (Å²) in [6.45, 7) is 1.59. The molecule has 0 saturated carbocycles. The topological polar surface area (TPSA) is 132 Å². The molecule has 8 nitrogen and oxygen atoms in total. The predicted octanol–water partition coefficient (Wildman–Crippen LogP) is 1.94. The van der Waals surface area contributed by atoms with Gasteiger partial charge in [0, 0.05) is 22.9 Å². The minimum absolute atomic E-state index is 0.133. The zero-order valence-corrected chi connectivity index (χ0v) is 13.5. The minimum Gasteiger partial charge on any atom is -0.322 e. The maximum atomic E-state index is 12.2. The van der Waals surface area contributed by atoms with Crippen LogP contribution >= 0.6 is 0 Å². The number of carbonyl (C=O) groups excluding carboxylic acids is 1. The number of anilines is 1. The van der Waals surface area contributed by atoms with Gasteiger partial charge >= 0.3 is 0 Å². The van der Waals surface area contributed by atoms with Gasteiger partial charge in [0.05, 0.1) is 10.7 Å². The first-order valence-electron chi connectivity index (χ1n) is 6.81. The summed E-state index contributed by atoms with van der Waals surface area (Å²) in [6, 6.07) is 10.3. The van der Waals surface area contributed by atoms with E-state index in [1.54, 1.807) is 6.92 Å². The summed E-state index contributed by atoms with van der Waals surface area (Å²) in [7, 11) is -3.62. The standard InChI is InChI=1S/C15H15N3O5S/c1-10-2-5-12(8-14(10)18(20)21)15(19)17-13-6-3-11(4-7-13)9-24(16,22)23/h2-8H,9H2,1H3,(H,17,19)(H2,16,22,23). The quantitative estimate of drug-likeness (QED) is 0.629. The average Bonchev–Trinajstić information content (AvgIpc) is 2.48. The molecule has 2 aromatic rings. The molecule has 0 fully saturated rings.